The highest BCUT2D eigenvalue weighted by Gasteiger charge is 2.53. The SMILES string of the molecule is CC1(C)OB(c2c(N)c3ccc(N)cc3oc2=O)OC1(C)C. The van der Waals surface area contributed by atoms with Gasteiger partial charge in [-0.2, -0.15) is 0 Å². The van der Waals surface area contributed by atoms with E-state index in [0.29, 0.717) is 22.3 Å². The van der Waals surface area contributed by atoms with Gasteiger partial charge in [0.25, 0.3) is 0 Å². The van der Waals surface area contributed by atoms with Gasteiger partial charge in [0.05, 0.1) is 16.7 Å². The fourth-order valence-electron chi connectivity index (χ4n) is 2.44. The number of nitrogen functional groups attached to an aromatic ring is 2. The fourth-order valence-corrected chi connectivity index (χ4v) is 2.44. The summed E-state index contributed by atoms with van der Waals surface area (Å²) in [7, 11) is -0.858. The van der Waals surface area contributed by atoms with Crippen LogP contribution in [0.5, 0.6) is 0 Å². The van der Waals surface area contributed by atoms with Crippen molar-refractivity contribution < 1.29 is 13.7 Å². The molecule has 3 rings (SSSR count). The molecule has 6 nitrogen and oxygen atoms in total. The molecule has 1 saturated heterocycles. The Kier molecular flexibility index (Phi) is 3.06. The number of rotatable bonds is 1. The van der Waals surface area contributed by atoms with Gasteiger partial charge in [-0.3, -0.25) is 0 Å². The number of hydrogen-bond donors (Lipinski definition) is 2. The van der Waals surface area contributed by atoms with Crippen LogP contribution in [-0.4, -0.2) is 18.3 Å². The van der Waals surface area contributed by atoms with E-state index in [1.54, 1.807) is 18.2 Å². The highest BCUT2D eigenvalue weighted by molar-refractivity contribution is 6.64. The van der Waals surface area contributed by atoms with Gasteiger partial charge in [0, 0.05) is 22.8 Å². The lowest BCUT2D eigenvalue weighted by Crippen LogP contribution is -2.45. The van der Waals surface area contributed by atoms with Crippen molar-refractivity contribution in [1.82, 2.24) is 0 Å². The topological polar surface area (TPSA) is 101 Å². The van der Waals surface area contributed by atoms with E-state index in [2.05, 4.69) is 0 Å². The van der Waals surface area contributed by atoms with Gasteiger partial charge in [-0.1, -0.05) is 0 Å². The van der Waals surface area contributed by atoms with Crippen LogP contribution < -0.4 is 22.6 Å². The lowest BCUT2D eigenvalue weighted by molar-refractivity contribution is 0.00578. The molecule has 1 fully saturated rings. The molecular formula is C15H19BN2O4. The van der Waals surface area contributed by atoms with Crippen molar-refractivity contribution in [3.8, 4) is 0 Å². The molecule has 2 heterocycles. The van der Waals surface area contributed by atoms with E-state index >= 15 is 0 Å². The van der Waals surface area contributed by atoms with Crippen LogP contribution in [0.2, 0.25) is 0 Å². The minimum absolute atomic E-state index is 0.191. The summed E-state index contributed by atoms with van der Waals surface area (Å²) in [5.41, 5.74) is 11.5. The van der Waals surface area contributed by atoms with Gasteiger partial charge in [0.2, 0.25) is 0 Å². The molecule has 2 aromatic rings. The molecule has 1 aliphatic rings. The zero-order valence-corrected chi connectivity index (χ0v) is 13.1. The van der Waals surface area contributed by atoms with Crippen LogP contribution in [0.3, 0.4) is 0 Å². The van der Waals surface area contributed by atoms with Crippen molar-refractivity contribution >= 4 is 34.9 Å². The lowest BCUT2D eigenvalue weighted by atomic mass is 9.78. The van der Waals surface area contributed by atoms with Gasteiger partial charge in [-0.05, 0) is 39.8 Å². The molecule has 0 saturated carbocycles. The van der Waals surface area contributed by atoms with Gasteiger partial charge in [-0.25, -0.2) is 4.79 Å². The van der Waals surface area contributed by atoms with Crippen LogP contribution >= 0.6 is 0 Å². The molecular weight excluding hydrogens is 283 g/mol. The lowest BCUT2D eigenvalue weighted by Gasteiger charge is -2.32. The number of anilines is 2. The van der Waals surface area contributed by atoms with Crippen LogP contribution in [0.1, 0.15) is 27.7 Å². The standard InChI is InChI=1S/C15H19BN2O4/c1-14(2)15(3,4)22-16(21-14)11-12(18)9-6-5-8(17)7-10(9)20-13(11)19/h5-7H,17-18H2,1-4H3. The fraction of sp³-hybridized carbons (Fsp3) is 0.400. The van der Waals surface area contributed by atoms with E-state index in [9.17, 15) is 4.79 Å². The summed E-state index contributed by atoms with van der Waals surface area (Å²) >= 11 is 0. The minimum atomic E-state index is -0.858. The molecule has 7 heteroatoms. The monoisotopic (exact) mass is 302 g/mol. The summed E-state index contributed by atoms with van der Waals surface area (Å²) < 4.78 is 17.1. The largest absolute Gasteiger partial charge is 0.504 e. The number of hydrogen-bond acceptors (Lipinski definition) is 6. The Balaban J connectivity index is 2.17. The molecule has 0 atom stereocenters. The Bertz CT molecular complexity index is 797. The molecule has 0 aliphatic carbocycles. The van der Waals surface area contributed by atoms with E-state index in [1.165, 1.54) is 0 Å². The smallest absolute Gasteiger partial charge is 0.423 e. The third kappa shape index (κ3) is 2.08. The second-order valence-electron chi connectivity index (χ2n) is 6.56. The maximum Gasteiger partial charge on any atom is 0.504 e. The number of nitrogens with two attached hydrogens (primary N) is 2. The Morgan fingerprint density at radius 1 is 1.05 bits per heavy atom. The first-order valence-corrected chi connectivity index (χ1v) is 7.10. The van der Waals surface area contributed by atoms with Crippen molar-refractivity contribution in [2.24, 2.45) is 0 Å². The molecule has 0 bridgehead atoms. The van der Waals surface area contributed by atoms with Crippen LogP contribution in [0.15, 0.2) is 27.4 Å². The average Bonchev–Trinajstić information content (AvgIpc) is 2.57. The molecule has 1 aliphatic heterocycles. The van der Waals surface area contributed by atoms with Crippen molar-refractivity contribution in [3.05, 3.63) is 28.6 Å². The van der Waals surface area contributed by atoms with E-state index in [-0.39, 0.29) is 5.46 Å². The maximum atomic E-state index is 12.3. The molecule has 0 unspecified atom stereocenters. The van der Waals surface area contributed by atoms with Crippen molar-refractivity contribution in [3.63, 3.8) is 0 Å². The van der Waals surface area contributed by atoms with E-state index in [4.69, 9.17) is 25.2 Å². The Morgan fingerprint density at radius 3 is 2.23 bits per heavy atom. The highest BCUT2D eigenvalue weighted by Crippen LogP contribution is 2.37. The van der Waals surface area contributed by atoms with Crippen LogP contribution in [0.4, 0.5) is 11.4 Å². The number of benzene rings is 1. The Hall–Kier alpha value is -1.99. The van der Waals surface area contributed by atoms with E-state index in [1.807, 2.05) is 27.7 Å². The summed E-state index contributed by atoms with van der Waals surface area (Å²) in [6.45, 7) is 7.64. The minimum Gasteiger partial charge on any atom is -0.423 e. The van der Waals surface area contributed by atoms with E-state index in [0.717, 1.165) is 0 Å². The normalized spacial score (nSPS) is 19.7. The van der Waals surface area contributed by atoms with E-state index < -0.39 is 23.9 Å². The molecule has 0 amide bonds. The van der Waals surface area contributed by atoms with Crippen molar-refractivity contribution in [2.45, 2.75) is 38.9 Å². The molecule has 1 aromatic heterocycles. The van der Waals surface area contributed by atoms with Gasteiger partial charge in [-0.15, -0.1) is 0 Å². The molecule has 22 heavy (non-hydrogen) atoms. The first-order chi connectivity index (χ1) is 10.1. The first kappa shape index (κ1) is 14.9. The van der Waals surface area contributed by atoms with Crippen LogP contribution in [0, 0.1) is 0 Å². The Morgan fingerprint density at radius 2 is 1.64 bits per heavy atom. The van der Waals surface area contributed by atoms with Crippen molar-refractivity contribution in [1.29, 1.82) is 0 Å². The number of fused-ring (bicyclic) bond motifs is 1. The zero-order valence-electron chi connectivity index (χ0n) is 13.1. The van der Waals surface area contributed by atoms with Gasteiger partial charge in [0.15, 0.2) is 0 Å². The van der Waals surface area contributed by atoms with Crippen LogP contribution in [0.25, 0.3) is 11.0 Å². The summed E-state index contributed by atoms with van der Waals surface area (Å²) in [6.07, 6.45) is 0. The summed E-state index contributed by atoms with van der Waals surface area (Å²) in [5, 5.41) is 0.610. The quantitative estimate of drug-likeness (QED) is 0.467. The molecule has 0 radical (unpaired) electrons. The molecule has 0 spiro atoms. The Labute approximate surface area is 128 Å². The van der Waals surface area contributed by atoms with Gasteiger partial charge >= 0.3 is 12.7 Å². The summed E-state index contributed by atoms with van der Waals surface area (Å²) in [6, 6.07) is 4.99. The third-order valence-electron chi connectivity index (χ3n) is 4.50. The zero-order chi connectivity index (χ0) is 16.3. The van der Waals surface area contributed by atoms with Crippen molar-refractivity contribution in [2.75, 3.05) is 11.5 Å². The van der Waals surface area contributed by atoms with Crippen LogP contribution in [-0.2, 0) is 9.31 Å². The maximum absolute atomic E-state index is 12.3. The molecule has 116 valence electrons. The average molecular weight is 302 g/mol. The molecule has 1 aromatic carbocycles. The first-order valence-electron chi connectivity index (χ1n) is 7.10. The molecule has 4 N–H and O–H groups in total. The second-order valence-corrected chi connectivity index (χ2v) is 6.56. The van der Waals surface area contributed by atoms with Gasteiger partial charge < -0.3 is 25.2 Å². The summed E-state index contributed by atoms with van der Waals surface area (Å²) in [4.78, 5) is 12.3. The predicted octanol–water partition coefficient (Wildman–Crippen LogP) is 1.26. The predicted molar refractivity (Wildman–Crippen MR) is 87.0 cm³/mol. The van der Waals surface area contributed by atoms with Gasteiger partial charge in [0.1, 0.15) is 5.58 Å². The summed E-state index contributed by atoms with van der Waals surface area (Å²) in [5.74, 6) is 0. The second kappa shape index (κ2) is 4.50. The third-order valence-corrected chi connectivity index (χ3v) is 4.50. The highest BCUT2D eigenvalue weighted by atomic mass is 16.7.